The number of aromatic nitrogens is 2. The van der Waals surface area contributed by atoms with E-state index < -0.39 is 0 Å². The van der Waals surface area contributed by atoms with Gasteiger partial charge in [0, 0.05) is 18.2 Å². The Bertz CT molecular complexity index is 1890. The van der Waals surface area contributed by atoms with E-state index >= 15 is 0 Å². The second-order valence-electron chi connectivity index (χ2n) is 9.24. The van der Waals surface area contributed by atoms with E-state index in [1.54, 1.807) is 0 Å². The summed E-state index contributed by atoms with van der Waals surface area (Å²) in [5.74, 6) is 1.82. The molecule has 0 fully saturated rings. The zero-order valence-corrected chi connectivity index (χ0v) is 18.1. The Hall–Kier alpha value is -4.54. The molecule has 0 radical (unpaired) electrons. The summed E-state index contributed by atoms with van der Waals surface area (Å²) in [5.41, 5.74) is 8.33. The van der Waals surface area contributed by atoms with Gasteiger partial charge in [-0.25, -0.2) is 0 Å². The highest BCUT2D eigenvalue weighted by atomic mass is 16.5. The van der Waals surface area contributed by atoms with Crippen LogP contribution in [0.15, 0.2) is 109 Å². The fourth-order valence-corrected chi connectivity index (χ4v) is 6.36. The van der Waals surface area contributed by atoms with Crippen molar-refractivity contribution >= 4 is 33.1 Å². The van der Waals surface area contributed by atoms with E-state index in [0.717, 1.165) is 17.1 Å². The number of hydrogen-bond acceptors (Lipinski definition) is 1. The van der Waals surface area contributed by atoms with E-state index in [9.17, 15) is 0 Å². The molecule has 34 heavy (non-hydrogen) atoms. The van der Waals surface area contributed by atoms with Crippen LogP contribution in [0.4, 0.5) is 11.4 Å². The summed E-state index contributed by atoms with van der Waals surface area (Å²) < 4.78 is 12.0. The molecule has 1 unspecified atom stereocenters. The molecule has 156 valence electrons. The number of fused-ring (bicyclic) bond motifs is 2. The molecule has 0 aliphatic carbocycles. The molecule has 4 aromatic carbocycles. The van der Waals surface area contributed by atoms with Crippen LogP contribution >= 0.6 is 0 Å². The first-order valence-corrected chi connectivity index (χ1v) is 11.6. The number of benzene rings is 4. The van der Waals surface area contributed by atoms with Crippen molar-refractivity contribution in [2.24, 2.45) is 0 Å². The van der Waals surface area contributed by atoms with Crippen molar-refractivity contribution < 1.29 is 14.1 Å². The molecule has 0 amide bonds. The van der Waals surface area contributed by atoms with Crippen LogP contribution in [0.5, 0.6) is 11.5 Å². The van der Waals surface area contributed by atoms with E-state index in [1.807, 2.05) is 0 Å². The SMILES string of the molecule is c1ccc(-c2cc3c4c(c2)-c2cccc[n+]2[N+]42c4c(ccc5ccc6ccc[n+]2c6c45)O3)cc1. The lowest BCUT2D eigenvalue weighted by molar-refractivity contribution is -1.02. The highest BCUT2D eigenvalue weighted by molar-refractivity contribution is 6.14. The molecule has 4 heteroatoms. The second kappa shape index (κ2) is 5.50. The number of nitrogens with zero attached hydrogens (tertiary/aromatic N) is 3. The first kappa shape index (κ1) is 17.0. The van der Waals surface area contributed by atoms with Crippen molar-refractivity contribution in [2.45, 2.75) is 0 Å². The van der Waals surface area contributed by atoms with Crippen LogP contribution in [0.1, 0.15) is 0 Å². The van der Waals surface area contributed by atoms with Gasteiger partial charge in [-0.05, 0) is 59.0 Å². The zero-order valence-electron chi connectivity index (χ0n) is 18.1. The van der Waals surface area contributed by atoms with Gasteiger partial charge in [-0.3, -0.25) is 0 Å². The molecule has 1 atom stereocenters. The minimum absolute atomic E-state index is 0.458. The van der Waals surface area contributed by atoms with Crippen molar-refractivity contribution in [3.63, 3.8) is 0 Å². The first-order valence-electron chi connectivity index (χ1n) is 11.6. The number of rotatable bonds is 1. The normalized spacial score (nSPS) is 17.8. The lowest BCUT2D eigenvalue weighted by Crippen LogP contribution is -2.81. The summed E-state index contributed by atoms with van der Waals surface area (Å²) >= 11 is 0. The summed E-state index contributed by atoms with van der Waals surface area (Å²) in [7, 11) is 0. The lowest BCUT2D eigenvalue weighted by Gasteiger charge is -2.24. The minimum Gasteiger partial charge on any atom is -0.444 e. The largest absolute Gasteiger partial charge is 0.444 e. The van der Waals surface area contributed by atoms with Crippen LogP contribution < -0.4 is 18.8 Å². The van der Waals surface area contributed by atoms with E-state index in [4.69, 9.17) is 4.74 Å². The molecule has 1 spiro atoms. The zero-order chi connectivity index (χ0) is 22.0. The number of hydrogen-bond donors (Lipinski definition) is 0. The van der Waals surface area contributed by atoms with Crippen molar-refractivity contribution in [3.05, 3.63) is 109 Å². The van der Waals surface area contributed by atoms with Gasteiger partial charge in [-0.15, -0.1) is 0 Å². The van der Waals surface area contributed by atoms with Gasteiger partial charge in [0.1, 0.15) is 10.9 Å². The van der Waals surface area contributed by atoms with Gasteiger partial charge in [0.05, 0.1) is 14.7 Å². The maximum absolute atomic E-state index is 6.73. The van der Waals surface area contributed by atoms with Crippen LogP contribution in [0, 0.1) is 0 Å². The molecule has 5 heterocycles. The average Bonchev–Trinajstić information content (AvgIpc) is 3.38. The molecule has 0 N–H and O–H groups in total. The first-order chi connectivity index (χ1) is 16.9. The Balaban J connectivity index is 1.53. The van der Waals surface area contributed by atoms with Crippen molar-refractivity contribution in [3.8, 4) is 33.9 Å². The molecular formula is C30H18N3O+3. The van der Waals surface area contributed by atoms with Crippen molar-refractivity contribution in [2.75, 3.05) is 0 Å². The Kier molecular flexibility index (Phi) is 2.75. The van der Waals surface area contributed by atoms with Gasteiger partial charge in [0.2, 0.25) is 23.9 Å². The molecular weight excluding hydrogens is 418 g/mol. The van der Waals surface area contributed by atoms with Gasteiger partial charge in [0.15, 0.2) is 4.70 Å². The van der Waals surface area contributed by atoms with Gasteiger partial charge in [-0.1, -0.05) is 36.4 Å². The summed E-state index contributed by atoms with van der Waals surface area (Å²) in [5, 5.41) is 3.74. The summed E-state index contributed by atoms with van der Waals surface area (Å²) in [6.45, 7) is 0. The number of ether oxygens (including phenoxy) is 1. The van der Waals surface area contributed by atoms with E-state index in [1.165, 1.54) is 49.9 Å². The van der Waals surface area contributed by atoms with E-state index in [2.05, 4.69) is 119 Å². The van der Waals surface area contributed by atoms with Gasteiger partial charge >= 0.3 is 11.4 Å². The molecule has 0 saturated carbocycles. The van der Waals surface area contributed by atoms with Crippen molar-refractivity contribution in [1.29, 1.82) is 0 Å². The monoisotopic (exact) mass is 436 g/mol. The van der Waals surface area contributed by atoms with Gasteiger partial charge in [-0.2, -0.15) is 0 Å². The summed E-state index contributed by atoms with van der Waals surface area (Å²) in [6.07, 6.45) is 4.41. The van der Waals surface area contributed by atoms with Crippen LogP contribution in [-0.2, 0) is 0 Å². The molecule has 0 saturated heterocycles. The molecule has 3 aliphatic heterocycles. The average molecular weight is 436 g/mol. The quantitative estimate of drug-likeness (QED) is 0.170. The van der Waals surface area contributed by atoms with Crippen LogP contribution in [0.3, 0.4) is 0 Å². The predicted octanol–water partition coefficient (Wildman–Crippen LogP) is 6.20. The Labute approximate surface area is 195 Å². The van der Waals surface area contributed by atoms with Crippen LogP contribution in [0.25, 0.3) is 44.1 Å². The molecule has 2 aromatic heterocycles. The predicted molar refractivity (Wildman–Crippen MR) is 131 cm³/mol. The van der Waals surface area contributed by atoms with E-state index in [-0.39, 0.29) is 0 Å². The van der Waals surface area contributed by atoms with Crippen LogP contribution in [0.2, 0.25) is 0 Å². The third kappa shape index (κ3) is 1.70. The molecule has 9 rings (SSSR count). The second-order valence-corrected chi connectivity index (χ2v) is 9.24. The number of quaternary nitrogens is 1. The third-order valence-electron chi connectivity index (χ3n) is 7.62. The fourth-order valence-electron chi connectivity index (χ4n) is 6.36. The molecule has 6 aromatic rings. The molecule has 3 aliphatic rings. The van der Waals surface area contributed by atoms with Gasteiger partial charge < -0.3 is 4.74 Å². The fraction of sp³-hybridized carbons (Fsp3) is 0. The van der Waals surface area contributed by atoms with Crippen molar-refractivity contribution in [1.82, 2.24) is 4.70 Å². The number of pyridine rings is 2. The highest BCUT2D eigenvalue weighted by Crippen LogP contribution is 2.60. The smallest absolute Gasteiger partial charge is 0.318 e. The van der Waals surface area contributed by atoms with Crippen LogP contribution in [-0.4, -0.2) is 0 Å². The maximum Gasteiger partial charge on any atom is 0.318 e. The maximum atomic E-state index is 6.73. The summed E-state index contributed by atoms with van der Waals surface area (Å²) in [4.78, 5) is 0. The minimum atomic E-state index is 0.458. The highest BCUT2D eigenvalue weighted by Gasteiger charge is 2.71. The van der Waals surface area contributed by atoms with Gasteiger partial charge in [0.25, 0.3) is 11.2 Å². The Morgan fingerprint density at radius 1 is 0.588 bits per heavy atom. The topological polar surface area (TPSA) is 17.0 Å². The Morgan fingerprint density at radius 3 is 2.35 bits per heavy atom. The standard InChI is InChI=1S/C30H18N3O/c1-2-7-19(8-3-1)22-17-23-24-10-4-5-15-31(24)33-29(23)26(18-22)34-25-14-13-20-11-12-21-9-6-16-32(33)28(21)27(20)30(25)33/h1-18H/q+3. The molecule has 4 nitrogen and oxygen atoms in total. The van der Waals surface area contributed by atoms with E-state index in [0.29, 0.717) is 4.70 Å². The summed E-state index contributed by atoms with van der Waals surface area (Å²) in [6, 6.07) is 34.7. The Morgan fingerprint density at radius 2 is 1.41 bits per heavy atom. The lowest BCUT2D eigenvalue weighted by atomic mass is 9.98. The third-order valence-corrected chi connectivity index (χ3v) is 7.62. The molecule has 0 bridgehead atoms.